The van der Waals surface area contributed by atoms with Crippen LogP contribution in [0.3, 0.4) is 0 Å². The van der Waals surface area contributed by atoms with Gasteiger partial charge < -0.3 is 14.9 Å². The van der Waals surface area contributed by atoms with Gasteiger partial charge in [-0.05, 0) is 31.9 Å². The van der Waals surface area contributed by atoms with Gasteiger partial charge in [-0.1, -0.05) is 5.16 Å². The van der Waals surface area contributed by atoms with Crippen LogP contribution in [0.5, 0.6) is 0 Å². The second-order valence-electron chi connectivity index (χ2n) is 4.87. The van der Waals surface area contributed by atoms with Crippen LogP contribution in [0.15, 0.2) is 22.9 Å². The lowest BCUT2D eigenvalue weighted by molar-refractivity contribution is 0.190. The molecule has 1 atom stereocenters. The number of carboxylic acid groups (broad SMARTS) is 1. The van der Waals surface area contributed by atoms with E-state index in [0.29, 0.717) is 17.6 Å². The lowest BCUT2D eigenvalue weighted by Crippen LogP contribution is -2.25. The molecule has 0 aromatic carbocycles. The van der Waals surface area contributed by atoms with Gasteiger partial charge in [0.2, 0.25) is 0 Å². The first-order chi connectivity index (χ1) is 9.63. The van der Waals surface area contributed by atoms with Crippen LogP contribution >= 0.6 is 0 Å². The largest absolute Gasteiger partial charge is 0.465 e. The zero-order valence-electron chi connectivity index (χ0n) is 10.9. The summed E-state index contributed by atoms with van der Waals surface area (Å²) in [6, 6.07) is 3.23. The maximum atomic E-state index is 10.6. The quantitative estimate of drug-likeness (QED) is 0.887. The molecule has 0 spiro atoms. The van der Waals surface area contributed by atoms with Gasteiger partial charge in [0, 0.05) is 23.4 Å². The molecule has 104 valence electrons. The van der Waals surface area contributed by atoms with E-state index >= 15 is 0 Å². The zero-order valence-corrected chi connectivity index (χ0v) is 10.9. The number of nitrogens with one attached hydrogen (secondary N) is 1. The molecule has 1 amide bonds. The van der Waals surface area contributed by atoms with Crippen molar-refractivity contribution in [3.63, 3.8) is 0 Å². The molecule has 1 aliphatic rings. The van der Waals surface area contributed by atoms with Gasteiger partial charge in [0.15, 0.2) is 5.82 Å². The second kappa shape index (κ2) is 4.92. The number of hydrogen-bond donors (Lipinski definition) is 2. The van der Waals surface area contributed by atoms with Crippen molar-refractivity contribution < 1.29 is 14.4 Å². The Morgan fingerprint density at radius 2 is 2.35 bits per heavy atom. The van der Waals surface area contributed by atoms with Crippen molar-refractivity contribution in [2.75, 3.05) is 0 Å². The number of nitrogens with zero attached hydrogens (tertiary/aromatic N) is 3. The normalized spacial score (nSPS) is 15.8. The van der Waals surface area contributed by atoms with Crippen molar-refractivity contribution in [3.8, 4) is 11.5 Å². The summed E-state index contributed by atoms with van der Waals surface area (Å²) in [7, 11) is 0. The summed E-state index contributed by atoms with van der Waals surface area (Å²) in [5, 5.41) is 14.8. The SMILES string of the molecule is CC(NC(=O)O)c1noc(-c2ccnc(C3CC3)c2)n1. The standard InChI is InChI=1S/C13H14N4O3/c1-7(15-13(18)19)11-16-12(20-17-11)9-4-5-14-10(6-9)8-2-3-8/h4-8,15H,2-3H2,1H3,(H,18,19). The summed E-state index contributed by atoms with van der Waals surface area (Å²) in [5.41, 5.74) is 1.85. The molecule has 3 rings (SSSR count). The van der Waals surface area contributed by atoms with E-state index < -0.39 is 12.1 Å². The van der Waals surface area contributed by atoms with Crippen molar-refractivity contribution in [2.45, 2.75) is 31.7 Å². The van der Waals surface area contributed by atoms with Crippen molar-refractivity contribution in [2.24, 2.45) is 0 Å². The lowest BCUT2D eigenvalue weighted by atomic mass is 10.2. The molecule has 20 heavy (non-hydrogen) atoms. The van der Waals surface area contributed by atoms with Crippen LogP contribution in [0.1, 0.15) is 43.2 Å². The number of rotatable bonds is 4. The molecule has 2 aromatic heterocycles. The number of carbonyl (C=O) groups is 1. The van der Waals surface area contributed by atoms with Gasteiger partial charge in [-0.3, -0.25) is 4.98 Å². The van der Waals surface area contributed by atoms with E-state index in [2.05, 4.69) is 20.4 Å². The molecule has 1 unspecified atom stereocenters. The Bertz CT molecular complexity index is 636. The minimum absolute atomic E-state index is 0.312. The summed E-state index contributed by atoms with van der Waals surface area (Å²) < 4.78 is 5.19. The Balaban J connectivity index is 1.82. The topological polar surface area (TPSA) is 101 Å². The minimum Gasteiger partial charge on any atom is -0.465 e. The molecule has 1 saturated carbocycles. The average molecular weight is 274 g/mol. The molecule has 2 heterocycles. The van der Waals surface area contributed by atoms with Gasteiger partial charge >= 0.3 is 6.09 Å². The Hall–Kier alpha value is -2.44. The second-order valence-corrected chi connectivity index (χ2v) is 4.87. The summed E-state index contributed by atoms with van der Waals surface area (Å²) >= 11 is 0. The predicted molar refractivity (Wildman–Crippen MR) is 69.1 cm³/mol. The maximum Gasteiger partial charge on any atom is 0.405 e. The third-order valence-corrected chi connectivity index (χ3v) is 3.19. The van der Waals surface area contributed by atoms with Gasteiger partial charge in [-0.2, -0.15) is 4.98 Å². The fourth-order valence-corrected chi connectivity index (χ4v) is 1.96. The van der Waals surface area contributed by atoms with E-state index in [1.807, 2.05) is 6.07 Å². The molecule has 1 aliphatic carbocycles. The first-order valence-corrected chi connectivity index (χ1v) is 6.43. The number of amides is 1. The predicted octanol–water partition coefficient (Wildman–Crippen LogP) is 2.34. The highest BCUT2D eigenvalue weighted by Crippen LogP contribution is 2.39. The third kappa shape index (κ3) is 2.61. The van der Waals surface area contributed by atoms with E-state index in [9.17, 15) is 4.79 Å². The highest BCUT2D eigenvalue weighted by atomic mass is 16.5. The Kier molecular flexibility index (Phi) is 3.09. The lowest BCUT2D eigenvalue weighted by Gasteiger charge is -2.04. The Morgan fingerprint density at radius 1 is 1.55 bits per heavy atom. The molecule has 0 aliphatic heterocycles. The highest BCUT2D eigenvalue weighted by molar-refractivity contribution is 5.65. The van der Waals surface area contributed by atoms with Gasteiger partial charge in [-0.25, -0.2) is 4.79 Å². The van der Waals surface area contributed by atoms with E-state index in [1.165, 1.54) is 12.8 Å². The number of aromatic nitrogens is 3. The van der Waals surface area contributed by atoms with Crippen LogP contribution < -0.4 is 5.32 Å². The molecule has 1 fully saturated rings. The van der Waals surface area contributed by atoms with Crippen LogP contribution in [0.25, 0.3) is 11.5 Å². The van der Waals surface area contributed by atoms with Gasteiger partial charge in [0.25, 0.3) is 5.89 Å². The summed E-state index contributed by atoms with van der Waals surface area (Å²) in [6.45, 7) is 1.66. The van der Waals surface area contributed by atoms with Crippen LogP contribution in [0.2, 0.25) is 0 Å². The molecule has 2 aromatic rings. The summed E-state index contributed by atoms with van der Waals surface area (Å²) in [6.07, 6.45) is 2.95. The fraction of sp³-hybridized carbons (Fsp3) is 0.385. The molecule has 2 N–H and O–H groups in total. The average Bonchev–Trinajstić information content (AvgIpc) is 3.15. The Labute approximate surface area is 115 Å². The van der Waals surface area contributed by atoms with E-state index in [1.54, 1.807) is 19.2 Å². The van der Waals surface area contributed by atoms with Crippen LogP contribution in [0, 0.1) is 0 Å². The van der Waals surface area contributed by atoms with Crippen LogP contribution in [-0.2, 0) is 0 Å². The van der Waals surface area contributed by atoms with Crippen molar-refractivity contribution >= 4 is 6.09 Å². The molecule has 0 bridgehead atoms. The number of hydrogen-bond acceptors (Lipinski definition) is 5. The monoisotopic (exact) mass is 274 g/mol. The van der Waals surface area contributed by atoms with E-state index in [4.69, 9.17) is 9.63 Å². The van der Waals surface area contributed by atoms with E-state index in [0.717, 1.165) is 11.3 Å². The first-order valence-electron chi connectivity index (χ1n) is 6.43. The zero-order chi connectivity index (χ0) is 14.1. The molecular formula is C13H14N4O3. The van der Waals surface area contributed by atoms with Crippen LogP contribution in [0.4, 0.5) is 4.79 Å². The van der Waals surface area contributed by atoms with Crippen molar-refractivity contribution in [3.05, 3.63) is 29.8 Å². The molecular weight excluding hydrogens is 260 g/mol. The molecule has 0 radical (unpaired) electrons. The van der Waals surface area contributed by atoms with Gasteiger partial charge in [0.1, 0.15) is 0 Å². The maximum absolute atomic E-state index is 10.6. The number of pyridine rings is 1. The smallest absolute Gasteiger partial charge is 0.405 e. The summed E-state index contributed by atoms with van der Waals surface area (Å²) in [5.74, 6) is 1.24. The van der Waals surface area contributed by atoms with Gasteiger partial charge in [0.05, 0.1) is 6.04 Å². The van der Waals surface area contributed by atoms with Crippen molar-refractivity contribution in [1.29, 1.82) is 0 Å². The van der Waals surface area contributed by atoms with Crippen LogP contribution in [-0.4, -0.2) is 26.3 Å². The first kappa shape index (κ1) is 12.6. The third-order valence-electron chi connectivity index (χ3n) is 3.19. The van der Waals surface area contributed by atoms with E-state index in [-0.39, 0.29) is 0 Å². The molecule has 7 nitrogen and oxygen atoms in total. The molecule has 7 heteroatoms. The highest BCUT2D eigenvalue weighted by Gasteiger charge is 2.25. The van der Waals surface area contributed by atoms with Gasteiger partial charge in [-0.15, -0.1) is 0 Å². The fourth-order valence-electron chi connectivity index (χ4n) is 1.96. The molecule has 0 saturated heterocycles. The Morgan fingerprint density at radius 3 is 3.05 bits per heavy atom. The van der Waals surface area contributed by atoms with Crippen molar-refractivity contribution in [1.82, 2.24) is 20.4 Å². The minimum atomic E-state index is -1.12. The summed E-state index contributed by atoms with van der Waals surface area (Å²) in [4.78, 5) is 19.1.